The van der Waals surface area contributed by atoms with Gasteiger partial charge in [-0.15, -0.1) is 11.3 Å². The number of hydrogen-bond acceptors (Lipinski definition) is 4. The van der Waals surface area contributed by atoms with Crippen LogP contribution in [0.15, 0.2) is 12.1 Å². The van der Waals surface area contributed by atoms with Crippen LogP contribution in [0.25, 0.3) is 0 Å². The van der Waals surface area contributed by atoms with Crippen molar-refractivity contribution >= 4 is 17.1 Å². The second-order valence-corrected chi connectivity index (χ2v) is 6.07. The van der Waals surface area contributed by atoms with Gasteiger partial charge in [0.25, 0.3) is 0 Å². The van der Waals surface area contributed by atoms with Crippen molar-refractivity contribution in [3.8, 4) is 0 Å². The van der Waals surface area contributed by atoms with Crippen LogP contribution in [-0.2, 0) is 4.74 Å². The number of thiophene rings is 1. The van der Waals surface area contributed by atoms with E-state index in [0.29, 0.717) is 6.54 Å². The van der Waals surface area contributed by atoms with Crippen LogP contribution < -0.4 is 0 Å². The van der Waals surface area contributed by atoms with Gasteiger partial charge in [0.2, 0.25) is 0 Å². The number of rotatable bonds is 3. The number of nitrogens with zero attached hydrogens (tertiary/aromatic N) is 1. The maximum atomic E-state index is 12.1. The van der Waals surface area contributed by atoms with Crippen molar-refractivity contribution in [2.45, 2.75) is 33.0 Å². The lowest BCUT2D eigenvalue weighted by Gasteiger charge is -2.34. The SMILES string of the molecule is Cc1ccc(C(=O)CN2CC(C)OC(C)C2)s1. The molecule has 0 N–H and O–H groups in total. The Morgan fingerprint density at radius 3 is 2.59 bits per heavy atom. The third-order valence-electron chi connectivity index (χ3n) is 2.88. The van der Waals surface area contributed by atoms with Crippen molar-refractivity contribution < 1.29 is 9.53 Å². The Morgan fingerprint density at radius 1 is 1.41 bits per heavy atom. The molecule has 0 amide bonds. The Kier molecular flexibility index (Phi) is 3.97. The number of aryl methyl sites for hydroxylation is 1. The van der Waals surface area contributed by atoms with Crippen molar-refractivity contribution in [1.82, 2.24) is 4.90 Å². The summed E-state index contributed by atoms with van der Waals surface area (Å²) in [6.45, 7) is 8.35. The second-order valence-electron chi connectivity index (χ2n) is 4.78. The first kappa shape index (κ1) is 12.7. The van der Waals surface area contributed by atoms with E-state index in [0.717, 1.165) is 18.0 Å². The highest BCUT2D eigenvalue weighted by Gasteiger charge is 2.24. The predicted octanol–water partition coefficient (Wildman–Crippen LogP) is 2.35. The maximum Gasteiger partial charge on any atom is 0.186 e. The standard InChI is InChI=1S/C13H19NO2S/c1-9-6-14(7-10(2)16-9)8-12(15)13-5-4-11(3)17-13/h4-5,9-10H,6-8H2,1-3H3. The van der Waals surface area contributed by atoms with E-state index in [9.17, 15) is 4.79 Å². The van der Waals surface area contributed by atoms with Gasteiger partial charge < -0.3 is 4.74 Å². The minimum absolute atomic E-state index is 0.219. The number of ether oxygens (including phenoxy) is 1. The maximum absolute atomic E-state index is 12.1. The highest BCUT2D eigenvalue weighted by atomic mass is 32.1. The topological polar surface area (TPSA) is 29.5 Å². The van der Waals surface area contributed by atoms with E-state index < -0.39 is 0 Å². The highest BCUT2D eigenvalue weighted by molar-refractivity contribution is 7.14. The van der Waals surface area contributed by atoms with E-state index in [1.165, 1.54) is 4.88 Å². The van der Waals surface area contributed by atoms with Gasteiger partial charge in [-0.05, 0) is 32.9 Å². The summed E-state index contributed by atoms with van der Waals surface area (Å²) in [5.41, 5.74) is 0. The third kappa shape index (κ3) is 3.37. The number of hydrogen-bond donors (Lipinski definition) is 0. The summed E-state index contributed by atoms with van der Waals surface area (Å²) >= 11 is 1.58. The van der Waals surface area contributed by atoms with Crippen molar-refractivity contribution in [3.63, 3.8) is 0 Å². The van der Waals surface area contributed by atoms with E-state index in [1.54, 1.807) is 11.3 Å². The van der Waals surface area contributed by atoms with E-state index in [-0.39, 0.29) is 18.0 Å². The zero-order chi connectivity index (χ0) is 12.4. The van der Waals surface area contributed by atoms with Gasteiger partial charge in [0.15, 0.2) is 5.78 Å². The summed E-state index contributed by atoms with van der Waals surface area (Å²) in [5.74, 6) is 0.226. The Bertz CT molecular complexity index is 392. The second kappa shape index (κ2) is 5.29. The summed E-state index contributed by atoms with van der Waals surface area (Å²) in [6, 6.07) is 3.93. The Labute approximate surface area is 106 Å². The number of carbonyl (C=O) groups is 1. The van der Waals surface area contributed by atoms with Crippen LogP contribution >= 0.6 is 11.3 Å². The fraction of sp³-hybridized carbons (Fsp3) is 0.615. The lowest BCUT2D eigenvalue weighted by Crippen LogP contribution is -2.47. The van der Waals surface area contributed by atoms with Crippen LogP contribution in [0.4, 0.5) is 0 Å². The van der Waals surface area contributed by atoms with Gasteiger partial charge in [-0.3, -0.25) is 9.69 Å². The molecule has 0 spiro atoms. The molecule has 1 aliphatic heterocycles. The van der Waals surface area contributed by atoms with Crippen LogP contribution in [0.2, 0.25) is 0 Å². The Balaban J connectivity index is 1.94. The lowest BCUT2D eigenvalue weighted by atomic mass is 10.2. The molecule has 1 aliphatic rings. The molecule has 0 radical (unpaired) electrons. The fourth-order valence-electron chi connectivity index (χ4n) is 2.28. The molecule has 2 heterocycles. The first-order chi connectivity index (χ1) is 8.04. The first-order valence-electron chi connectivity index (χ1n) is 6.02. The summed E-state index contributed by atoms with van der Waals surface area (Å²) < 4.78 is 5.66. The largest absolute Gasteiger partial charge is 0.373 e. The van der Waals surface area contributed by atoms with Gasteiger partial charge in [-0.25, -0.2) is 0 Å². The molecule has 0 saturated carbocycles. The number of ketones is 1. The van der Waals surface area contributed by atoms with Gasteiger partial charge >= 0.3 is 0 Å². The summed E-state index contributed by atoms with van der Waals surface area (Å²) in [4.78, 5) is 16.3. The minimum Gasteiger partial charge on any atom is -0.373 e. The van der Waals surface area contributed by atoms with Crippen molar-refractivity contribution in [2.24, 2.45) is 0 Å². The lowest BCUT2D eigenvalue weighted by molar-refractivity contribution is -0.0652. The molecule has 2 atom stereocenters. The van der Waals surface area contributed by atoms with Crippen LogP contribution in [-0.4, -0.2) is 42.5 Å². The molecule has 3 nitrogen and oxygen atoms in total. The number of carbonyl (C=O) groups excluding carboxylic acids is 1. The van der Waals surface area contributed by atoms with Gasteiger partial charge in [0.05, 0.1) is 23.6 Å². The molecule has 4 heteroatoms. The molecule has 1 aromatic rings. The van der Waals surface area contributed by atoms with Crippen molar-refractivity contribution in [1.29, 1.82) is 0 Å². The molecule has 2 rings (SSSR count). The summed E-state index contributed by atoms with van der Waals surface area (Å²) in [6.07, 6.45) is 0.438. The Hall–Kier alpha value is -0.710. The van der Waals surface area contributed by atoms with Crippen molar-refractivity contribution in [3.05, 3.63) is 21.9 Å². The quantitative estimate of drug-likeness (QED) is 0.774. The number of morpholine rings is 1. The third-order valence-corrected chi connectivity index (χ3v) is 3.92. The molecular formula is C13H19NO2S. The first-order valence-corrected chi connectivity index (χ1v) is 6.83. The zero-order valence-corrected chi connectivity index (χ0v) is 11.4. The monoisotopic (exact) mass is 253 g/mol. The van der Waals surface area contributed by atoms with Gasteiger partial charge in [0.1, 0.15) is 0 Å². The molecule has 17 heavy (non-hydrogen) atoms. The van der Waals surface area contributed by atoms with E-state index in [2.05, 4.69) is 18.7 Å². The molecule has 1 aromatic heterocycles. The van der Waals surface area contributed by atoms with Crippen LogP contribution in [0.3, 0.4) is 0 Å². The molecule has 94 valence electrons. The normalized spacial score (nSPS) is 26.1. The van der Waals surface area contributed by atoms with E-state index >= 15 is 0 Å². The zero-order valence-electron chi connectivity index (χ0n) is 10.6. The Morgan fingerprint density at radius 2 is 2.06 bits per heavy atom. The van der Waals surface area contributed by atoms with Gasteiger partial charge in [0, 0.05) is 18.0 Å². The average Bonchev–Trinajstić information content (AvgIpc) is 2.63. The highest BCUT2D eigenvalue weighted by Crippen LogP contribution is 2.17. The van der Waals surface area contributed by atoms with E-state index in [4.69, 9.17) is 4.74 Å². The molecule has 0 aromatic carbocycles. The molecule has 0 bridgehead atoms. The van der Waals surface area contributed by atoms with Crippen LogP contribution in [0.5, 0.6) is 0 Å². The molecule has 1 fully saturated rings. The fourth-order valence-corrected chi connectivity index (χ4v) is 3.08. The van der Waals surface area contributed by atoms with Crippen LogP contribution in [0, 0.1) is 6.92 Å². The average molecular weight is 253 g/mol. The van der Waals surface area contributed by atoms with Crippen molar-refractivity contribution in [2.75, 3.05) is 19.6 Å². The predicted molar refractivity (Wildman–Crippen MR) is 69.8 cm³/mol. The molecular weight excluding hydrogens is 234 g/mol. The summed E-state index contributed by atoms with van der Waals surface area (Å²) in [5, 5.41) is 0. The van der Waals surface area contributed by atoms with Crippen LogP contribution in [0.1, 0.15) is 28.4 Å². The molecule has 1 saturated heterocycles. The smallest absolute Gasteiger partial charge is 0.186 e. The van der Waals surface area contributed by atoms with E-state index in [1.807, 2.05) is 19.1 Å². The van der Waals surface area contributed by atoms with Gasteiger partial charge in [-0.1, -0.05) is 0 Å². The number of Topliss-reactive ketones (excluding diaryl/α,β-unsaturated/α-hetero) is 1. The molecule has 2 unspecified atom stereocenters. The minimum atomic E-state index is 0.219. The summed E-state index contributed by atoms with van der Waals surface area (Å²) in [7, 11) is 0. The van der Waals surface area contributed by atoms with Gasteiger partial charge in [-0.2, -0.15) is 0 Å². The molecule has 0 aliphatic carbocycles.